The summed E-state index contributed by atoms with van der Waals surface area (Å²) in [5.74, 6) is 0.102. The summed E-state index contributed by atoms with van der Waals surface area (Å²) in [6.45, 7) is 3.95. The first-order valence-electron chi connectivity index (χ1n) is 6.20. The van der Waals surface area contributed by atoms with Crippen LogP contribution in [0.15, 0.2) is 0 Å². The van der Waals surface area contributed by atoms with E-state index in [1.54, 1.807) is 4.90 Å². The van der Waals surface area contributed by atoms with Gasteiger partial charge in [-0.05, 0) is 6.92 Å². The monoisotopic (exact) mass is 301 g/mol. The molecular weight excluding hydrogens is 283 g/mol. The molecule has 2 rings (SSSR count). The van der Waals surface area contributed by atoms with Crippen LogP contribution in [0.25, 0.3) is 0 Å². The normalized spacial score (nSPS) is 23.5. The van der Waals surface area contributed by atoms with E-state index in [1.165, 1.54) is 11.8 Å². The Morgan fingerprint density at radius 1 is 1.21 bits per heavy atom. The van der Waals surface area contributed by atoms with Gasteiger partial charge in [-0.2, -0.15) is 13.2 Å². The van der Waals surface area contributed by atoms with Gasteiger partial charge in [0.25, 0.3) is 0 Å². The summed E-state index contributed by atoms with van der Waals surface area (Å²) in [6, 6.07) is -1.43. The molecule has 0 saturated carbocycles. The molecule has 1 amide bonds. The van der Waals surface area contributed by atoms with E-state index in [2.05, 4.69) is 5.32 Å². The molecule has 8 heteroatoms. The molecule has 0 spiro atoms. The molecule has 1 unspecified atom stereocenters. The van der Waals surface area contributed by atoms with Gasteiger partial charge in [0.05, 0.1) is 5.92 Å². The number of nitrogens with zero attached hydrogens (tertiary/aromatic N) is 2. The van der Waals surface area contributed by atoms with Crippen molar-refractivity contribution in [3.05, 3.63) is 0 Å². The van der Waals surface area contributed by atoms with Crippen molar-refractivity contribution in [2.75, 3.05) is 39.3 Å². The van der Waals surface area contributed by atoms with E-state index in [4.69, 9.17) is 0 Å². The third kappa shape index (κ3) is 3.73. The third-order valence-corrected chi connectivity index (χ3v) is 3.78. The molecule has 2 heterocycles. The molecule has 0 aromatic carbocycles. The quantitative estimate of drug-likeness (QED) is 0.816. The fourth-order valence-corrected chi connectivity index (χ4v) is 2.26. The van der Waals surface area contributed by atoms with E-state index in [-0.39, 0.29) is 24.2 Å². The van der Waals surface area contributed by atoms with Gasteiger partial charge in [0.1, 0.15) is 6.04 Å². The molecule has 1 N–H and O–H groups in total. The van der Waals surface area contributed by atoms with Gasteiger partial charge in [-0.15, -0.1) is 12.4 Å². The highest BCUT2D eigenvalue weighted by Crippen LogP contribution is 2.25. The average molecular weight is 302 g/mol. The topological polar surface area (TPSA) is 35.6 Å². The van der Waals surface area contributed by atoms with Crippen LogP contribution in [0, 0.1) is 5.92 Å². The van der Waals surface area contributed by atoms with Crippen LogP contribution in [0.4, 0.5) is 13.2 Å². The smallest absolute Gasteiger partial charge is 0.340 e. The fraction of sp³-hybridized carbons (Fsp3) is 0.909. The van der Waals surface area contributed by atoms with E-state index in [9.17, 15) is 18.0 Å². The number of halogens is 4. The summed E-state index contributed by atoms with van der Waals surface area (Å²) in [4.78, 5) is 15.0. The molecule has 0 aliphatic carbocycles. The molecule has 2 fully saturated rings. The number of piperazine rings is 1. The SMILES string of the molecule is CC(N1CCN(C(=O)C2CNC2)CC1)C(F)(F)F.Cl. The molecular formula is C11H19ClF3N3O. The minimum atomic E-state index is -4.19. The van der Waals surface area contributed by atoms with Crippen molar-refractivity contribution >= 4 is 18.3 Å². The predicted octanol–water partition coefficient (Wildman–Crippen LogP) is 0.723. The Bertz CT molecular complexity index is 315. The molecule has 19 heavy (non-hydrogen) atoms. The van der Waals surface area contributed by atoms with Crippen LogP contribution in [0.2, 0.25) is 0 Å². The molecule has 0 bridgehead atoms. The number of hydrogen-bond acceptors (Lipinski definition) is 3. The Morgan fingerprint density at radius 2 is 1.74 bits per heavy atom. The second kappa shape index (κ2) is 6.28. The summed E-state index contributed by atoms with van der Waals surface area (Å²) in [5, 5.41) is 3.02. The van der Waals surface area contributed by atoms with E-state index in [0.29, 0.717) is 39.3 Å². The number of amides is 1. The Kier molecular flexibility index (Phi) is 5.46. The lowest BCUT2D eigenvalue weighted by Gasteiger charge is -2.40. The maximum atomic E-state index is 12.6. The summed E-state index contributed by atoms with van der Waals surface area (Å²) in [7, 11) is 0. The predicted molar refractivity (Wildman–Crippen MR) is 67.3 cm³/mol. The van der Waals surface area contributed by atoms with Gasteiger partial charge in [0.15, 0.2) is 0 Å². The van der Waals surface area contributed by atoms with Crippen LogP contribution in [0.3, 0.4) is 0 Å². The second-order valence-electron chi connectivity index (χ2n) is 4.93. The van der Waals surface area contributed by atoms with Crippen LogP contribution >= 0.6 is 12.4 Å². The fourth-order valence-electron chi connectivity index (χ4n) is 2.26. The van der Waals surface area contributed by atoms with E-state index in [0.717, 1.165) is 0 Å². The summed E-state index contributed by atoms with van der Waals surface area (Å²) in [6.07, 6.45) is -4.19. The Labute approximate surface area is 116 Å². The van der Waals surface area contributed by atoms with Gasteiger partial charge >= 0.3 is 6.18 Å². The number of alkyl halides is 3. The van der Waals surface area contributed by atoms with Crippen molar-refractivity contribution in [3.8, 4) is 0 Å². The van der Waals surface area contributed by atoms with Gasteiger partial charge < -0.3 is 10.2 Å². The summed E-state index contributed by atoms with van der Waals surface area (Å²) in [5.41, 5.74) is 0. The van der Waals surface area contributed by atoms with Gasteiger partial charge in [-0.25, -0.2) is 0 Å². The van der Waals surface area contributed by atoms with Gasteiger partial charge in [0.2, 0.25) is 5.91 Å². The molecule has 0 aromatic rings. The number of rotatable bonds is 2. The Hall–Kier alpha value is -0.530. The van der Waals surface area contributed by atoms with Crippen molar-refractivity contribution in [3.63, 3.8) is 0 Å². The number of nitrogens with one attached hydrogen (secondary N) is 1. The minimum Gasteiger partial charge on any atom is -0.340 e. The van der Waals surface area contributed by atoms with Gasteiger partial charge in [-0.3, -0.25) is 9.69 Å². The highest BCUT2D eigenvalue weighted by atomic mass is 35.5. The van der Waals surface area contributed by atoms with Crippen molar-refractivity contribution in [2.45, 2.75) is 19.1 Å². The van der Waals surface area contributed by atoms with E-state index >= 15 is 0 Å². The van der Waals surface area contributed by atoms with Crippen molar-refractivity contribution in [1.82, 2.24) is 15.1 Å². The first kappa shape index (κ1) is 16.5. The van der Waals surface area contributed by atoms with Gasteiger partial charge in [0, 0.05) is 39.3 Å². The first-order chi connectivity index (χ1) is 8.39. The maximum Gasteiger partial charge on any atom is 0.403 e. The van der Waals surface area contributed by atoms with Crippen LogP contribution in [-0.2, 0) is 4.79 Å². The zero-order valence-corrected chi connectivity index (χ0v) is 11.6. The molecule has 0 radical (unpaired) electrons. The van der Waals surface area contributed by atoms with Crippen molar-refractivity contribution in [2.24, 2.45) is 5.92 Å². The van der Waals surface area contributed by atoms with Gasteiger partial charge in [-0.1, -0.05) is 0 Å². The lowest BCUT2D eigenvalue weighted by molar-refractivity contribution is -0.183. The minimum absolute atomic E-state index is 0. The molecule has 1 atom stereocenters. The Morgan fingerprint density at radius 3 is 2.11 bits per heavy atom. The molecule has 112 valence electrons. The number of carbonyl (C=O) groups excluding carboxylic acids is 1. The maximum absolute atomic E-state index is 12.6. The molecule has 2 saturated heterocycles. The second-order valence-corrected chi connectivity index (χ2v) is 4.93. The van der Waals surface area contributed by atoms with Crippen molar-refractivity contribution < 1.29 is 18.0 Å². The molecule has 2 aliphatic rings. The lowest BCUT2D eigenvalue weighted by Crippen LogP contribution is -2.58. The summed E-state index contributed by atoms with van der Waals surface area (Å²) < 4.78 is 37.7. The lowest BCUT2D eigenvalue weighted by atomic mass is 10.0. The summed E-state index contributed by atoms with van der Waals surface area (Å²) >= 11 is 0. The number of carbonyl (C=O) groups is 1. The largest absolute Gasteiger partial charge is 0.403 e. The van der Waals surface area contributed by atoms with Crippen molar-refractivity contribution in [1.29, 1.82) is 0 Å². The van der Waals surface area contributed by atoms with Crippen LogP contribution in [-0.4, -0.2) is 67.2 Å². The zero-order valence-electron chi connectivity index (χ0n) is 10.7. The number of hydrogen-bond donors (Lipinski definition) is 1. The Balaban J connectivity index is 0.00000180. The third-order valence-electron chi connectivity index (χ3n) is 3.78. The molecule has 4 nitrogen and oxygen atoms in total. The van der Waals surface area contributed by atoms with E-state index < -0.39 is 12.2 Å². The zero-order chi connectivity index (χ0) is 13.3. The van der Waals surface area contributed by atoms with Crippen LogP contribution in [0.1, 0.15) is 6.92 Å². The molecule has 0 aromatic heterocycles. The first-order valence-corrected chi connectivity index (χ1v) is 6.20. The highest BCUT2D eigenvalue weighted by Gasteiger charge is 2.41. The highest BCUT2D eigenvalue weighted by molar-refractivity contribution is 5.85. The van der Waals surface area contributed by atoms with Crippen LogP contribution in [0.5, 0.6) is 0 Å². The standard InChI is InChI=1S/C11H18F3N3O.ClH/c1-8(11(12,13)14)16-2-4-17(5-3-16)10(18)9-6-15-7-9;/h8-9,15H,2-7H2,1H3;1H. The molecule has 2 aliphatic heterocycles. The van der Waals surface area contributed by atoms with E-state index in [1.807, 2.05) is 0 Å². The average Bonchev–Trinajstić information content (AvgIpc) is 2.24. The van der Waals surface area contributed by atoms with Crippen LogP contribution < -0.4 is 5.32 Å².